The van der Waals surface area contributed by atoms with E-state index in [4.69, 9.17) is 4.74 Å². The van der Waals surface area contributed by atoms with E-state index in [0.717, 1.165) is 12.1 Å². The summed E-state index contributed by atoms with van der Waals surface area (Å²) in [6, 6.07) is 7.89. The highest BCUT2D eigenvalue weighted by Gasteiger charge is 2.31. The SMILES string of the molecule is CC(C)Nc1ccccc1C(=O)NC1(C)CCOC1. The van der Waals surface area contributed by atoms with E-state index in [1.807, 2.05) is 31.2 Å². The minimum atomic E-state index is -0.248. The van der Waals surface area contributed by atoms with E-state index in [1.54, 1.807) is 0 Å². The number of anilines is 1. The van der Waals surface area contributed by atoms with Gasteiger partial charge in [0.25, 0.3) is 5.91 Å². The van der Waals surface area contributed by atoms with E-state index in [0.29, 0.717) is 24.8 Å². The summed E-state index contributed by atoms with van der Waals surface area (Å²) in [5.41, 5.74) is 1.31. The molecule has 0 saturated carbocycles. The van der Waals surface area contributed by atoms with Gasteiger partial charge in [0.05, 0.1) is 17.7 Å². The zero-order valence-electron chi connectivity index (χ0n) is 11.8. The Morgan fingerprint density at radius 2 is 2.11 bits per heavy atom. The second-order valence-corrected chi connectivity index (χ2v) is 5.66. The molecule has 1 aromatic carbocycles. The van der Waals surface area contributed by atoms with Crippen molar-refractivity contribution < 1.29 is 9.53 Å². The molecule has 0 aromatic heterocycles. The van der Waals surface area contributed by atoms with E-state index in [9.17, 15) is 4.79 Å². The predicted molar refractivity (Wildman–Crippen MR) is 76.5 cm³/mol. The molecule has 0 radical (unpaired) electrons. The molecule has 2 rings (SSSR count). The van der Waals surface area contributed by atoms with Gasteiger partial charge in [0.1, 0.15) is 0 Å². The Morgan fingerprint density at radius 1 is 1.37 bits per heavy atom. The van der Waals surface area contributed by atoms with Gasteiger partial charge in [-0.1, -0.05) is 12.1 Å². The monoisotopic (exact) mass is 262 g/mol. The van der Waals surface area contributed by atoms with Crippen LogP contribution in [-0.4, -0.2) is 30.7 Å². The van der Waals surface area contributed by atoms with Crippen molar-refractivity contribution in [3.63, 3.8) is 0 Å². The van der Waals surface area contributed by atoms with Crippen LogP contribution in [0.15, 0.2) is 24.3 Å². The summed E-state index contributed by atoms with van der Waals surface area (Å²) >= 11 is 0. The van der Waals surface area contributed by atoms with Crippen LogP contribution < -0.4 is 10.6 Å². The summed E-state index contributed by atoms with van der Waals surface area (Å²) in [6.45, 7) is 7.43. The number of hydrogen-bond donors (Lipinski definition) is 2. The normalized spacial score (nSPS) is 22.5. The molecule has 1 unspecified atom stereocenters. The van der Waals surface area contributed by atoms with Gasteiger partial charge in [0.15, 0.2) is 0 Å². The van der Waals surface area contributed by atoms with Crippen molar-refractivity contribution in [1.29, 1.82) is 0 Å². The molecule has 0 aliphatic carbocycles. The number of para-hydroxylation sites is 1. The van der Waals surface area contributed by atoms with E-state index >= 15 is 0 Å². The van der Waals surface area contributed by atoms with E-state index in [-0.39, 0.29) is 11.4 Å². The fraction of sp³-hybridized carbons (Fsp3) is 0.533. The van der Waals surface area contributed by atoms with Gasteiger partial charge in [-0.25, -0.2) is 0 Å². The first-order valence-electron chi connectivity index (χ1n) is 6.76. The van der Waals surface area contributed by atoms with Gasteiger partial charge in [-0.05, 0) is 39.3 Å². The van der Waals surface area contributed by atoms with Crippen LogP contribution in [0.5, 0.6) is 0 Å². The Hall–Kier alpha value is -1.55. The molecule has 1 amide bonds. The number of ether oxygens (including phenoxy) is 1. The molecule has 1 fully saturated rings. The minimum Gasteiger partial charge on any atom is -0.382 e. The van der Waals surface area contributed by atoms with Gasteiger partial charge in [0, 0.05) is 18.3 Å². The molecule has 0 bridgehead atoms. The quantitative estimate of drug-likeness (QED) is 0.876. The largest absolute Gasteiger partial charge is 0.382 e. The summed E-state index contributed by atoms with van der Waals surface area (Å²) in [5, 5.41) is 6.38. The molecule has 1 heterocycles. The topological polar surface area (TPSA) is 50.4 Å². The van der Waals surface area contributed by atoms with Gasteiger partial charge >= 0.3 is 0 Å². The van der Waals surface area contributed by atoms with Crippen LogP contribution >= 0.6 is 0 Å². The van der Waals surface area contributed by atoms with Crippen molar-refractivity contribution in [2.45, 2.75) is 38.8 Å². The maximum atomic E-state index is 12.4. The standard InChI is InChI=1S/C15H22N2O2/c1-11(2)16-13-7-5-4-6-12(13)14(18)17-15(3)8-9-19-10-15/h4-7,11,16H,8-10H2,1-3H3,(H,17,18). The third-order valence-electron chi connectivity index (χ3n) is 3.25. The van der Waals surface area contributed by atoms with Crippen LogP contribution in [0.2, 0.25) is 0 Å². The summed E-state index contributed by atoms with van der Waals surface area (Å²) in [4.78, 5) is 12.4. The summed E-state index contributed by atoms with van der Waals surface area (Å²) in [7, 11) is 0. The molecule has 1 aliphatic heterocycles. The van der Waals surface area contributed by atoms with Crippen LogP contribution in [0.25, 0.3) is 0 Å². The third-order valence-corrected chi connectivity index (χ3v) is 3.25. The van der Waals surface area contributed by atoms with Crippen molar-refractivity contribution in [3.8, 4) is 0 Å². The zero-order valence-corrected chi connectivity index (χ0v) is 11.8. The van der Waals surface area contributed by atoms with Crippen LogP contribution in [0.1, 0.15) is 37.6 Å². The molecule has 2 N–H and O–H groups in total. The van der Waals surface area contributed by atoms with Crippen molar-refractivity contribution in [2.24, 2.45) is 0 Å². The second kappa shape index (κ2) is 5.61. The molecule has 1 saturated heterocycles. The number of hydrogen-bond acceptors (Lipinski definition) is 3. The average molecular weight is 262 g/mol. The van der Waals surface area contributed by atoms with E-state index in [2.05, 4.69) is 24.5 Å². The highest BCUT2D eigenvalue weighted by molar-refractivity contribution is 6.00. The van der Waals surface area contributed by atoms with Crippen molar-refractivity contribution in [1.82, 2.24) is 5.32 Å². The highest BCUT2D eigenvalue weighted by Crippen LogP contribution is 2.21. The van der Waals surface area contributed by atoms with Gasteiger partial charge in [-0.2, -0.15) is 0 Å². The number of carbonyl (C=O) groups is 1. The Labute approximate surface area is 114 Å². The summed E-state index contributed by atoms with van der Waals surface area (Å²) in [5.74, 6) is -0.0447. The van der Waals surface area contributed by atoms with Crippen LogP contribution in [0.4, 0.5) is 5.69 Å². The molecule has 104 valence electrons. The first-order chi connectivity index (χ1) is 9.00. The maximum absolute atomic E-state index is 12.4. The lowest BCUT2D eigenvalue weighted by atomic mass is 10.0. The Kier molecular flexibility index (Phi) is 4.10. The lowest BCUT2D eigenvalue weighted by molar-refractivity contribution is 0.0890. The second-order valence-electron chi connectivity index (χ2n) is 5.66. The van der Waals surface area contributed by atoms with Gasteiger partial charge < -0.3 is 15.4 Å². The molecule has 19 heavy (non-hydrogen) atoms. The summed E-state index contributed by atoms with van der Waals surface area (Å²) in [6.07, 6.45) is 0.860. The Balaban J connectivity index is 2.14. The molecular weight excluding hydrogens is 240 g/mol. The molecule has 0 spiro atoms. The number of nitrogens with one attached hydrogen (secondary N) is 2. The maximum Gasteiger partial charge on any atom is 0.253 e. The predicted octanol–water partition coefficient (Wildman–Crippen LogP) is 2.42. The molecule has 1 aliphatic rings. The molecule has 4 nitrogen and oxygen atoms in total. The van der Waals surface area contributed by atoms with Gasteiger partial charge in [0.2, 0.25) is 0 Å². The van der Waals surface area contributed by atoms with Crippen LogP contribution in [-0.2, 0) is 4.74 Å². The van der Waals surface area contributed by atoms with Gasteiger partial charge in [-0.3, -0.25) is 4.79 Å². The first kappa shape index (κ1) is 13.9. The Bertz CT molecular complexity index is 451. The summed E-state index contributed by atoms with van der Waals surface area (Å²) < 4.78 is 5.36. The smallest absolute Gasteiger partial charge is 0.253 e. The zero-order chi connectivity index (χ0) is 13.9. The number of rotatable bonds is 4. The average Bonchev–Trinajstić information content (AvgIpc) is 2.75. The number of benzene rings is 1. The Morgan fingerprint density at radius 3 is 2.74 bits per heavy atom. The van der Waals surface area contributed by atoms with E-state index < -0.39 is 0 Å². The van der Waals surface area contributed by atoms with Gasteiger partial charge in [-0.15, -0.1) is 0 Å². The van der Waals surface area contributed by atoms with Crippen LogP contribution in [0, 0.1) is 0 Å². The molecule has 1 atom stereocenters. The van der Waals surface area contributed by atoms with E-state index in [1.165, 1.54) is 0 Å². The fourth-order valence-electron chi connectivity index (χ4n) is 2.23. The fourth-order valence-corrected chi connectivity index (χ4v) is 2.23. The molecule has 1 aromatic rings. The van der Waals surface area contributed by atoms with Crippen molar-refractivity contribution in [2.75, 3.05) is 18.5 Å². The lowest BCUT2D eigenvalue weighted by Gasteiger charge is -2.24. The van der Waals surface area contributed by atoms with Crippen molar-refractivity contribution >= 4 is 11.6 Å². The molecular formula is C15H22N2O2. The van der Waals surface area contributed by atoms with Crippen molar-refractivity contribution in [3.05, 3.63) is 29.8 Å². The number of carbonyl (C=O) groups excluding carboxylic acids is 1. The highest BCUT2D eigenvalue weighted by atomic mass is 16.5. The lowest BCUT2D eigenvalue weighted by Crippen LogP contribution is -2.46. The minimum absolute atomic E-state index is 0.0447. The van der Waals surface area contributed by atoms with Crippen LogP contribution in [0.3, 0.4) is 0 Å². The third kappa shape index (κ3) is 3.47. The first-order valence-corrected chi connectivity index (χ1v) is 6.76. The number of amides is 1. The molecule has 4 heteroatoms.